The minimum atomic E-state index is -0.362. The van der Waals surface area contributed by atoms with E-state index in [2.05, 4.69) is 15.9 Å². The van der Waals surface area contributed by atoms with Gasteiger partial charge in [-0.2, -0.15) is 0 Å². The van der Waals surface area contributed by atoms with E-state index >= 15 is 0 Å². The second-order valence-electron chi connectivity index (χ2n) is 4.03. The number of nitro groups is 1. The quantitative estimate of drug-likeness (QED) is 0.621. The number of aromatic nitrogens is 1. The maximum absolute atomic E-state index is 11.1. The Balaban J connectivity index is 2.49. The SMILES string of the molecule is CCc1ccc([N+](=O)[O-])c(C=Cn2cccc2)c1Br. The third-order valence-electron chi connectivity index (χ3n) is 2.86. The first-order chi connectivity index (χ1) is 9.13. The molecule has 0 bridgehead atoms. The summed E-state index contributed by atoms with van der Waals surface area (Å²) in [6.07, 6.45) is 8.12. The molecule has 0 amide bonds. The van der Waals surface area contributed by atoms with E-state index in [0.29, 0.717) is 5.56 Å². The lowest BCUT2D eigenvalue weighted by molar-refractivity contribution is -0.385. The lowest BCUT2D eigenvalue weighted by atomic mass is 10.1. The van der Waals surface area contributed by atoms with Crippen LogP contribution < -0.4 is 0 Å². The van der Waals surface area contributed by atoms with Crippen molar-refractivity contribution in [2.45, 2.75) is 13.3 Å². The Morgan fingerprint density at radius 2 is 2.05 bits per heavy atom. The molecule has 0 atom stereocenters. The van der Waals surface area contributed by atoms with Crippen molar-refractivity contribution in [2.24, 2.45) is 0 Å². The zero-order chi connectivity index (χ0) is 13.8. The van der Waals surface area contributed by atoms with Crippen LogP contribution in [-0.2, 0) is 6.42 Å². The fraction of sp³-hybridized carbons (Fsp3) is 0.143. The molecule has 5 heteroatoms. The molecule has 98 valence electrons. The standard InChI is InChI=1S/C14H13BrN2O2/c1-2-11-5-6-13(17(18)19)12(14(11)15)7-10-16-8-3-4-9-16/h3-10H,2H2,1H3. The zero-order valence-electron chi connectivity index (χ0n) is 10.4. The third-order valence-corrected chi connectivity index (χ3v) is 3.79. The fourth-order valence-corrected chi connectivity index (χ4v) is 2.57. The van der Waals surface area contributed by atoms with Crippen molar-refractivity contribution in [1.29, 1.82) is 0 Å². The number of rotatable bonds is 4. The first-order valence-electron chi connectivity index (χ1n) is 5.90. The molecule has 0 fully saturated rings. The van der Waals surface area contributed by atoms with E-state index in [9.17, 15) is 10.1 Å². The lowest BCUT2D eigenvalue weighted by Crippen LogP contribution is -1.95. The second kappa shape index (κ2) is 5.84. The zero-order valence-corrected chi connectivity index (χ0v) is 12.0. The van der Waals surface area contributed by atoms with Gasteiger partial charge in [0.25, 0.3) is 5.69 Å². The van der Waals surface area contributed by atoms with E-state index in [1.54, 1.807) is 24.4 Å². The Bertz CT molecular complexity index is 619. The lowest BCUT2D eigenvalue weighted by Gasteiger charge is -2.06. The molecule has 0 aliphatic rings. The van der Waals surface area contributed by atoms with Gasteiger partial charge >= 0.3 is 0 Å². The highest BCUT2D eigenvalue weighted by Gasteiger charge is 2.16. The molecule has 0 saturated heterocycles. The summed E-state index contributed by atoms with van der Waals surface area (Å²) in [5.41, 5.74) is 1.75. The summed E-state index contributed by atoms with van der Waals surface area (Å²) >= 11 is 3.46. The van der Waals surface area contributed by atoms with Crippen molar-refractivity contribution in [2.75, 3.05) is 0 Å². The molecular formula is C14H13BrN2O2. The summed E-state index contributed by atoms with van der Waals surface area (Å²) in [6, 6.07) is 7.14. The summed E-state index contributed by atoms with van der Waals surface area (Å²) in [7, 11) is 0. The van der Waals surface area contributed by atoms with E-state index < -0.39 is 0 Å². The highest BCUT2D eigenvalue weighted by molar-refractivity contribution is 9.10. The molecule has 2 rings (SSSR count). The van der Waals surface area contributed by atoms with Gasteiger partial charge in [0.1, 0.15) is 0 Å². The Kier molecular flexibility index (Phi) is 4.16. The molecule has 0 aliphatic heterocycles. The van der Waals surface area contributed by atoms with Gasteiger partial charge in [-0.25, -0.2) is 0 Å². The van der Waals surface area contributed by atoms with Gasteiger partial charge in [-0.1, -0.05) is 13.0 Å². The van der Waals surface area contributed by atoms with Crippen molar-refractivity contribution >= 4 is 33.9 Å². The number of halogens is 1. The van der Waals surface area contributed by atoms with Gasteiger partial charge in [0.2, 0.25) is 0 Å². The number of nitrogens with zero attached hydrogens (tertiary/aromatic N) is 2. The Morgan fingerprint density at radius 3 is 2.63 bits per heavy atom. The summed E-state index contributed by atoms with van der Waals surface area (Å²) in [5.74, 6) is 0. The van der Waals surface area contributed by atoms with Crippen LogP contribution in [0.15, 0.2) is 41.1 Å². The molecule has 0 aliphatic carbocycles. The first kappa shape index (κ1) is 13.5. The maximum Gasteiger partial charge on any atom is 0.277 e. The summed E-state index contributed by atoms with van der Waals surface area (Å²) in [5, 5.41) is 11.1. The van der Waals surface area contributed by atoms with E-state index in [-0.39, 0.29) is 10.6 Å². The maximum atomic E-state index is 11.1. The van der Waals surface area contributed by atoms with E-state index in [1.165, 1.54) is 0 Å². The molecule has 4 nitrogen and oxygen atoms in total. The minimum Gasteiger partial charge on any atom is -0.331 e. The largest absolute Gasteiger partial charge is 0.331 e. The monoisotopic (exact) mass is 320 g/mol. The van der Waals surface area contributed by atoms with Crippen LogP contribution in [0.25, 0.3) is 12.3 Å². The van der Waals surface area contributed by atoms with Crippen molar-refractivity contribution in [1.82, 2.24) is 4.57 Å². The van der Waals surface area contributed by atoms with E-state index in [0.717, 1.165) is 16.5 Å². The summed E-state index contributed by atoms with van der Waals surface area (Å²) in [4.78, 5) is 10.7. The van der Waals surface area contributed by atoms with Crippen molar-refractivity contribution in [3.05, 3.63) is 62.4 Å². The number of hydrogen-bond acceptors (Lipinski definition) is 2. The molecule has 0 spiro atoms. The Hall–Kier alpha value is -1.88. The number of nitro benzene ring substituents is 1. The highest BCUT2D eigenvalue weighted by atomic mass is 79.9. The van der Waals surface area contributed by atoms with Crippen LogP contribution in [-0.4, -0.2) is 9.49 Å². The average molecular weight is 321 g/mol. The van der Waals surface area contributed by atoms with Gasteiger partial charge in [0.05, 0.1) is 10.5 Å². The second-order valence-corrected chi connectivity index (χ2v) is 4.82. The number of benzene rings is 1. The molecule has 0 saturated carbocycles. The van der Waals surface area contributed by atoms with Crippen LogP contribution in [0.4, 0.5) is 5.69 Å². The van der Waals surface area contributed by atoms with Crippen molar-refractivity contribution in [3.63, 3.8) is 0 Å². The molecule has 19 heavy (non-hydrogen) atoms. The normalized spacial score (nSPS) is 11.1. The molecule has 2 aromatic rings. The van der Waals surface area contributed by atoms with E-state index in [4.69, 9.17) is 0 Å². The predicted octanol–water partition coefficient (Wildman–Crippen LogP) is 4.35. The molecule has 1 aromatic heterocycles. The first-order valence-corrected chi connectivity index (χ1v) is 6.69. The van der Waals surface area contributed by atoms with Crippen molar-refractivity contribution in [3.8, 4) is 0 Å². The van der Waals surface area contributed by atoms with Crippen LogP contribution in [0, 0.1) is 10.1 Å². The van der Waals surface area contributed by atoms with Crippen LogP contribution in [0.2, 0.25) is 0 Å². The third kappa shape index (κ3) is 2.93. The van der Waals surface area contributed by atoms with Crippen LogP contribution in [0.3, 0.4) is 0 Å². The Labute approximate surface area is 119 Å². The van der Waals surface area contributed by atoms with Gasteiger partial charge in [-0.05, 0) is 46.1 Å². The van der Waals surface area contributed by atoms with Gasteiger partial charge in [0, 0.05) is 29.1 Å². The molecule has 0 N–H and O–H groups in total. The number of hydrogen-bond donors (Lipinski definition) is 0. The smallest absolute Gasteiger partial charge is 0.277 e. The predicted molar refractivity (Wildman–Crippen MR) is 79.8 cm³/mol. The topological polar surface area (TPSA) is 48.1 Å². The van der Waals surface area contributed by atoms with Crippen LogP contribution >= 0.6 is 15.9 Å². The fourth-order valence-electron chi connectivity index (χ4n) is 1.83. The van der Waals surface area contributed by atoms with Gasteiger partial charge in [-0.3, -0.25) is 10.1 Å². The summed E-state index contributed by atoms with van der Waals surface area (Å²) in [6.45, 7) is 2.02. The van der Waals surface area contributed by atoms with Crippen LogP contribution in [0.1, 0.15) is 18.1 Å². The van der Waals surface area contributed by atoms with Gasteiger partial charge in [0.15, 0.2) is 0 Å². The Morgan fingerprint density at radius 1 is 1.37 bits per heavy atom. The highest BCUT2D eigenvalue weighted by Crippen LogP contribution is 2.31. The molecule has 0 unspecified atom stereocenters. The number of aryl methyl sites for hydroxylation is 1. The van der Waals surface area contributed by atoms with E-state index in [1.807, 2.05) is 36.0 Å². The molecule has 0 radical (unpaired) electrons. The van der Waals surface area contributed by atoms with Gasteiger partial charge < -0.3 is 4.57 Å². The van der Waals surface area contributed by atoms with Crippen molar-refractivity contribution < 1.29 is 4.92 Å². The van der Waals surface area contributed by atoms with Crippen LogP contribution in [0.5, 0.6) is 0 Å². The minimum absolute atomic E-state index is 0.104. The van der Waals surface area contributed by atoms with Gasteiger partial charge in [-0.15, -0.1) is 0 Å². The summed E-state index contributed by atoms with van der Waals surface area (Å²) < 4.78 is 2.63. The molecule has 1 aromatic carbocycles. The average Bonchev–Trinajstić information content (AvgIpc) is 2.89. The molecular weight excluding hydrogens is 308 g/mol. The molecule has 1 heterocycles.